The highest BCUT2D eigenvalue weighted by atomic mass is 35.5. The molecular weight excluding hydrogens is 263 g/mol. The van der Waals surface area contributed by atoms with Gasteiger partial charge < -0.3 is 15.7 Å². The molecule has 5 nitrogen and oxygen atoms in total. The Bertz CT molecular complexity index is 454. The molecule has 0 aliphatic heterocycles. The maximum atomic E-state index is 11.8. The number of hydrogen-bond donors (Lipinski definition) is 3. The van der Waals surface area contributed by atoms with Crippen LogP contribution in [0, 0.1) is 0 Å². The molecule has 0 atom stereocenters. The molecular formula is C11H12ClFN2O3. The van der Waals surface area contributed by atoms with Gasteiger partial charge in [0.05, 0.1) is 22.9 Å². The van der Waals surface area contributed by atoms with Gasteiger partial charge in [-0.05, 0) is 24.6 Å². The highest BCUT2D eigenvalue weighted by Gasteiger charge is 2.09. The fourth-order valence-electron chi connectivity index (χ4n) is 1.19. The van der Waals surface area contributed by atoms with E-state index in [0.29, 0.717) is 0 Å². The predicted octanol–water partition coefficient (Wildman–Crippen LogP) is 2.52. The van der Waals surface area contributed by atoms with Crippen LogP contribution in [-0.4, -0.2) is 30.3 Å². The van der Waals surface area contributed by atoms with E-state index in [9.17, 15) is 14.0 Å². The van der Waals surface area contributed by atoms with Crippen molar-refractivity contribution in [1.82, 2.24) is 5.32 Å². The third-order valence-electron chi connectivity index (χ3n) is 2.06. The van der Waals surface area contributed by atoms with Crippen LogP contribution in [0.25, 0.3) is 0 Å². The van der Waals surface area contributed by atoms with E-state index in [2.05, 4.69) is 10.6 Å². The lowest BCUT2D eigenvalue weighted by Gasteiger charge is -2.09. The lowest BCUT2D eigenvalue weighted by atomic mass is 10.2. The fraction of sp³-hybridized carbons (Fsp3) is 0.273. The Labute approximate surface area is 108 Å². The Kier molecular flexibility index (Phi) is 5.38. The average Bonchev–Trinajstić information content (AvgIpc) is 2.32. The fourth-order valence-corrected chi connectivity index (χ4v) is 1.35. The molecule has 0 saturated heterocycles. The molecule has 3 N–H and O–H groups in total. The molecule has 1 rings (SSSR count). The van der Waals surface area contributed by atoms with Crippen LogP contribution in [0.15, 0.2) is 18.2 Å². The molecule has 0 aliphatic rings. The van der Waals surface area contributed by atoms with Crippen molar-refractivity contribution in [3.05, 3.63) is 28.8 Å². The van der Waals surface area contributed by atoms with Crippen LogP contribution in [0.4, 0.5) is 14.9 Å². The number of alkyl halides is 1. The Morgan fingerprint density at radius 1 is 1.39 bits per heavy atom. The van der Waals surface area contributed by atoms with E-state index >= 15 is 0 Å². The maximum Gasteiger partial charge on any atom is 0.335 e. The molecule has 0 aromatic heterocycles. The van der Waals surface area contributed by atoms with E-state index < -0.39 is 18.7 Å². The average molecular weight is 275 g/mol. The molecule has 1 aromatic rings. The van der Waals surface area contributed by atoms with E-state index in [1.165, 1.54) is 18.2 Å². The molecule has 0 heterocycles. The molecule has 0 radical (unpaired) electrons. The second-order valence-corrected chi connectivity index (χ2v) is 3.83. The summed E-state index contributed by atoms with van der Waals surface area (Å²) in [6.45, 7) is -0.325. The Morgan fingerprint density at radius 3 is 2.72 bits per heavy atom. The standard InChI is InChI=1S/C11H12ClFN2O3/c12-8-3-2-7(10(16)17)6-9(8)15-11(18)14-5-1-4-13/h2-3,6H,1,4-5H2,(H,16,17)(H2,14,15,18). The Hall–Kier alpha value is -1.82. The number of carboxylic acid groups (broad SMARTS) is 1. The summed E-state index contributed by atoms with van der Waals surface area (Å²) in [6, 6.07) is 3.39. The Morgan fingerprint density at radius 2 is 2.11 bits per heavy atom. The predicted molar refractivity (Wildman–Crippen MR) is 66.0 cm³/mol. The van der Waals surface area contributed by atoms with Gasteiger partial charge in [0.15, 0.2) is 0 Å². The first kappa shape index (κ1) is 14.2. The molecule has 0 unspecified atom stereocenters. The lowest BCUT2D eigenvalue weighted by molar-refractivity contribution is 0.0697. The highest BCUT2D eigenvalue weighted by Crippen LogP contribution is 2.22. The van der Waals surface area contributed by atoms with Gasteiger partial charge in [-0.2, -0.15) is 0 Å². The van der Waals surface area contributed by atoms with Gasteiger partial charge in [0.2, 0.25) is 0 Å². The second-order valence-electron chi connectivity index (χ2n) is 3.42. The summed E-state index contributed by atoms with van der Waals surface area (Å²) >= 11 is 5.81. The number of amides is 2. The zero-order chi connectivity index (χ0) is 13.5. The van der Waals surface area contributed by atoms with Crippen LogP contribution in [0.2, 0.25) is 5.02 Å². The molecule has 7 heteroatoms. The molecule has 0 fully saturated rings. The summed E-state index contributed by atoms with van der Waals surface area (Å²) in [7, 11) is 0. The van der Waals surface area contributed by atoms with Crippen LogP contribution in [0.3, 0.4) is 0 Å². The van der Waals surface area contributed by atoms with E-state index in [4.69, 9.17) is 16.7 Å². The van der Waals surface area contributed by atoms with Crippen molar-refractivity contribution in [3.8, 4) is 0 Å². The number of halogens is 2. The van der Waals surface area contributed by atoms with Crippen molar-refractivity contribution in [2.24, 2.45) is 0 Å². The van der Waals surface area contributed by atoms with Crippen LogP contribution in [-0.2, 0) is 0 Å². The number of benzene rings is 1. The third kappa shape index (κ3) is 4.21. The number of aromatic carboxylic acids is 1. The van der Waals surface area contributed by atoms with Crippen molar-refractivity contribution in [3.63, 3.8) is 0 Å². The molecule has 0 aliphatic carbocycles. The normalized spacial score (nSPS) is 9.89. The van der Waals surface area contributed by atoms with Crippen molar-refractivity contribution in [2.75, 3.05) is 18.5 Å². The number of carbonyl (C=O) groups excluding carboxylic acids is 1. The molecule has 2 amide bonds. The molecule has 18 heavy (non-hydrogen) atoms. The third-order valence-corrected chi connectivity index (χ3v) is 2.39. The number of rotatable bonds is 5. The van der Waals surface area contributed by atoms with Gasteiger partial charge in [-0.25, -0.2) is 9.59 Å². The summed E-state index contributed by atoms with van der Waals surface area (Å²) in [4.78, 5) is 22.1. The van der Waals surface area contributed by atoms with E-state index in [1.807, 2.05) is 0 Å². The molecule has 0 bridgehead atoms. The first-order valence-electron chi connectivity index (χ1n) is 5.18. The van der Waals surface area contributed by atoms with E-state index in [1.54, 1.807) is 0 Å². The number of carboxylic acids is 1. The van der Waals surface area contributed by atoms with Gasteiger partial charge >= 0.3 is 12.0 Å². The quantitative estimate of drug-likeness (QED) is 0.722. The van der Waals surface area contributed by atoms with Crippen molar-refractivity contribution >= 4 is 29.3 Å². The molecule has 0 spiro atoms. The number of hydrogen-bond acceptors (Lipinski definition) is 2. The number of carbonyl (C=O) groups is 2. The first-order chi connectivity index (χ1) is 8.54. The SMILES string of the molecule is O=C(NCCCF)Nc1cc(C(=O)O)ccc1Cl. The van der Waals surface area contributed by atoms with Crippen LogP contribution in [0.5, 0.6) is 0 Å². The van der Waals surface area contributed by atoms with Gasteiger partial charge in [-0.1, -0.05) is 11.6 Å². The minimum Gasteiger partial charge on any atom is -0.478 e. The van der Waals surface area contributed by atoms with Crippen LogP contribution >= 0.6 is 11.6 Å². The van der Waals surface area contributed by atoms with Gasteiger partial charge in [-0.15, -0.1) is 0 Å². The number of anilines is 1. The van der Waals surface area contributed by atoms with Gasteiger partial charge in [0.25, 0.3) is 0 Å². The molecule has 1 aromatic carbocycles. The minimum atomic E-state index is -1.12. The first-order valence-corrected chi connectivity index (χ1v) is 5.56. The van der Waals surface area contributed by atoms with Crippen molar-refractivity contribution < 1.29 is 19.1 Å². The summed E-state index contributed by atoms with van der Waals surface area (Å²) < 4.78 is 11.8. The van der Waals surface area contributed by atoms with Crippen LogP contribution in [0.1, 0.15) is 16.8 Å². The monoisotopic (exact) mass is 274 g/mol. The van der Waals surface area contributed by atoms with E-state index in [-0.39, 0.29) is 29.2 Å². The minimum absolute atomic E-state index is 0.0125. The molecule has 0 saturated carbocycles. The smallest absolute Gasteiger partial charge is 0.335 e. The van der Waals surface area contributed by atoms with Crippen LogP contribution < -0.4 is 10.6 Å². The van der Waals surface area contributed by atoms with Gasteiger partial charge in [-0.3, -0.25) is 4.39 Å². The summed E-state index contributed by atoms with van der Waals surface area (Å²) in [5.41, 5.74) is 0.202. The lowest BCUT2D eigenvalue weighted by Crippen LogP contribution is -2.29. The Balaban J connectivity index is 2.68. The summed E-state index contributed by atoms with van der Waals surface area (Å²) in [6.07, 6.45) is 0.219. The number of urea groups is 1. The van der Waals surface area contributed by atoms with Gasteiger partial charge in [0.1, 0.15) is 0 Å². The largest absolute Gasteiger partial charge is 0.478 e. The van der Waals surface area contributed by atoms with Crippen molar-refractivity contribution in [1.29, 1.82) is 0 Å². The second kappa shape index (κ2) is 6.80. The summed E-state index contributed by atoms with van der Waals surface area (Å²) in [5.74, 6) is -1.12. The zero-order valence-corrected chi connectivity index (χ0v) is 10.1. The van der Waals surface area contributed by atoms with E-state index in [0.717, 1.165) is 0 Å². The highest BCUT2D eigenvalue weighted by molar-refractivity contribution is 6.33. The molecule has 98 valence electrons. The topological polar surface area (TPSA) is 78.4 Å². The maximum absolute atomic E-state index is 11.8. The zero-order valence-electron chi connectivity index (χ0n) is 9.37. The van der Waals surface area contributed by atoms with Gasteiger partial charge in [0, 0.05) is 6.54 Å². The number of nitrogens with one attached hydrogen (secondary N) is 2. The van der Waals surface area contributed by atoms with Crippen molar-refractivity contribution in [2.45, 2.75) is 6.42 Å². The summed E-state index contributed by atoms with van der Waals surface area (Å²) in [5, 5.41) is 13.8.